The van der Waals surface area contributed by atoms with Crippen molar-refractivity contribution in [3.63, 3.8) is 0 Å². The second kappa shape index (κ2) is 6.55. The first-order chi connectivity index (χ1) is 9.52. The van der Waals surface area contributed by atoms with Crippen molar-refractivity contribution < 1.29 is 0 Å². The minimum Gasteiger partial charge on any atom is -0.310 e. The molecule has 0 radical (unpaired) electrons. The molecule has 2 rings (SSSR count). The van der Waals surface area contributed by atoms with Gasteiger partial charge in [0, 0.05) is 28.3 Å². The molecule has 0 unspecified atom stereocenters. The molecule has 108 valence electrons. The lowest BCUT2D eigenvalue weighted by Gasteiger charge is -2.12. The predicted molar refractivity (Wildman–Crippen MR) is 87.4 cm³/mol. The minimum atomic E-state index is 0.484. The van der Waals surface area contributed by atoms with E-state index in [0.717, 1.165) is 23.1 Å². The van der Waals surface area contributed by atoms with Crippen LogP contribution in [0.25, 0.3) is 5.69 Å². The van der Waals surface area contributed by atoms with E-state index in [1.54, 1.807) is 0 Å². The van der Waals surface area contributed by atoms with Crippen molar-refractivity contribution in [3.8, 4) is 5.69 Å². The van der Waals surface area contributed by atoms with E-state index in [1.807, 2.05) is 6.20 Å². The Bertz CT molecular complexity index is 587. The van der Waals surface area contributed by atoms with E-state index in [2.05, 4.69) is 76.9 Å². The molecular weight excluding hydrogens is 314 g/mol. The number of halogens is 1. The van der Waals surface area contributed by atoms with Gasteiger partial charge in [-0.3, -0.25) is 0 Å². The highest BCUT2D eigenvalue weighted by Crippen LogP contribution is 2.22. The molecular formula is C16H22BrN3. The lowest BCUT2D eigenvalue weighted by molar-refractivity contribution is 0.586. The summed E-state index contributed by atoms with van der Waals surface area (Å²) in [5.74, 6) is 0. The maximum Gasteiger partial charge on any atom is 0.0678 e. The number of benzene rings is 1. The third-order valence-corrected chi connectivity index (χ3v) is 3.87. The topological polar surface area (TPSA) is 29.9 Å². The van der Waals surface area contributed by atoms with Gasteiger partial charge in [0.1, 0.15) is 0 Å². The number of nitrogens with zero attached hydrogens (tertiary/aromatic N) is 2. The van der Waals surface area contributed by atoms with E-state index in [-0.39, 0.29) is 0 Å². The lowest BCUT2D eigenvalue weighted by atomic mass is 10.1. The van der Waals surface area contributed by atoms with Gasteiger partial charge in [-0.2, -0.15) is 5.10 Å². The minimum absolute atomic E-state index is 0.484. The number of nitrogens with one attached hydrogen (secondary N) is 1. The smallest absolute Gasteiger partial charge is 0.0678 e. The Morgan fingerprint density at radius 2 is 2.10 bits per heavy atom. The summed E-state index contributed by atoms with van der Waals surface area (Å²) < 4.78 is 3.17. The Labute approximate surface area is 129 Å². The van der Waals surface area contributed by atoms with E-state index in [1.165, 1.54) is 16.8 Å². The van der Waals surface area contributed by atoms with E-state index in [9.17, 15) is 0 Å². The Kier molecular flexibility index (Phi) is 5.00. The predicted octanol–water partition coefficient (Wildman–Crippen LogP) is 4.00. The molecule has 0 aliphatic rings. The van der Waals surface area contributed by atoms with Crippen LogP contribution in [-0.2, 0) is 13.0 Å². The number of hydrogen-bond donors (Lipinski definition) is 1. The molecule has 20 heavy (non-hydrogen) atoms. The first kappa shape index (κ1) is 15.3. The molecule has 3 nitrogen and oxygen atoms in total. The van der Waals surface area contributed by atoms with Crippen molar-refractivity contribution in [2.45, 2.75) is 46.7 Å². The molecule has 1 N–H and O–H groups in total. The van der Waals surface area contributed by atoms with Crippen LogP contribution in [0.4, 0.5) is 0 Å². The Morgan fingerprint density at radius 3 is 2.70 bits per heavy atom. The molecule has 0 atom stereocenters. The number of hydrogen-bond acceptors (Lipinski definition) is 2. The summed E-state index contributed by atoms with van der Waals surface area (Å²) in [7, 11) is 0. The number of aryl methyl sites for hydroxylation is 1. The van der Waals surface area contributed by atoms with Crippen LogP contribution < -0.4 is 5.32 Å². The quantitative estimate of drug-likeness (QED) is 0.894. The third kappa shape index (κ3) is 3.30. The summed E-state index contributed by atoms with van der Waals surface area (Å²) >= 11 is 3.51. The third-order valence-electron chi connectivity index (χ3n) is 3.38. The van der Waals surface area contributed by atoms with Crippen LogP contribution in [-0.4, -0.2) is 15.8 Å². The van der Waals surface area contributed by atoms with E-state index >= 15 is 0 Å². The van der Waals surface area contributed by atoms with Crippen molar-refractivity contribution >= 4 is 15.9 Å². The van der Waals surface area contributed by atoms with Gasteiger partial charge in [-0.15, -0.1) is 0 Å². The van der Waals surface area contributed by atoms with Crippen molar-refractivity contribution in [1.29, 1.82) is 0 Å². The zero-order valence-electron chi connectivity index (χ0n) is 12.6. The molecule has 4 heteroatoms. The van der Waals surface area contributed by atoms with Crippen LogP contribution in [0, 0.1) is 6.92 Å². The van der Waals surface area contributed by atoms with Crippen molar-refractivity contribution in [1.82, 2.24) is 15.1 Å². The highest BCUT2D eigenvalue weighted by atomic mass is 79.9. The van der Waals surface area contributed by atoms with Crippen molar-refractivity contribution in [2.75, 3.05) is 0 Å². The molecule has 1 heterocycles. The molecule has 0 aliphatic heterocycles. The van der Waals surface area contributed by atoms with Gasteiger partial charge >= 0.3 is 0 Å². The fourth-order valence-electron chi connectivity index (χ4n) is 2.31. The zero-order chi connectivity index (χ0) is 14.7. The standard InChI is InChI=1S/C16H22BrN3/c1-5-15-13(9-18-11(2)3)10-19-20(15)16-7-6-14(17)8-12(16)4/h6-8,10-11,18H,5,9H2,1-4H3. The summed E-state index contributed by atoms with van der Waals surface area (Å²) in [6, 6.07) is 6.79. The van der Waals surface area contributed by atoms with Gasteiger partial charge < -0.3 is 5.32 Å². The van der Waals surface area contributed by atoms with Gasteiger partial charge in [0.05, 0.1) is 11.9 Å². The molecule has 2 aromatic rings. The molecule has 0 saturated carbocycles. The monoisotopic (exact) mass is 335 g/mol. The molecule has 0 aliphatic carbocycles. The van der Waals surface area contributed by atoms with Crippen LogP contribution in [0.5, 0.6) is 0 Å². The fraction of sp³-hybridized carbons (Fsp3) is 0.438. The number of rotatable bonds is 5. The molecule has 0 spiro atoms. The summed E-state index contributed by atoms with van der Waals surface area (Å²) in [5, 5.41) is 8.05. The summed E-state index contributed by atoms with van der Waals surface area (Å²) in [6.07, 6.45) is 2.96. The Morgan fingerprint density at radius 1 is 1.35 bits per heavy atom. The van der Waals surface area contributed by atoms with Crippen molar-refractivity contribution in [3.05, 3.63) is 45.7 Å². The SMILES string of the molecule is CCc1c(CNC(C)C)cnn1-c1ccc(Br)cc1C. The second-order valence-corrected chi connectivity index (χ2v) is 6.26. The number of aromatic nitrogens is 2. The van der Waals surface area contributed by atoms with E-state index in [4.69, 9.17) is 0 Å². The fourth-order valence-corrected chi connectivity index (χ4v) is 2.79. The first-order valence-electron chi connectivity index (χ1n) is 7.08. The molecule has 0 fully saturated rings. The Hall–Kier alpha value is -1.13. The van der Waals surface area contributed by atoms with E-state index < -0.39 is 0 Å². The highest BCUT2D eigenvalue weighted by Gasteiger charge is 2.12. The van der Waals surface area contributed by atoms with Crippen LogP contribution in [0.1, 0.15) is 37.6 Å². The average Bonchev–Trinajstić information content (AvgIpc) is 2.79. The van der Waals surface area contributed by atoms with Crippen molar-refractivity contribution in [2.24, 2.45) is 0 Å². The average molecular weight is 336 g/mol. The van der Waals surface area contributed by atoms with Crippen LogP contribution in [0.15, 0.2) is 28.9 Å². The summed E-state index contributed by atoms with van der Waals surface area (Å²) in [4.78, 5) is 0. The van der Waals surface area contributed by atoms with Crippen LogP contribution in [0.2, 0.25) is 0 Å². The molecule has 0 amide bonds. The largest absolute Gasteiger partial charge is 0.310 e. The van der Waals surface area contributed by atoms with Gasteiger partial charge in [0.25, 0.3) is 0 Å². The second-order valence-electron chi connectivity index (χ2n) is 5.35. The zero-order valence-corrected chi connectivity index (χ0v) is 14.2. The first-order valence-corrected chi connectivity index (χ1v) is 7.88. The van der Waals surface area contributed by atoms with Gasteiger partial charge in [-0.1, -0.05) is 36.7 Å². The normalized spacial score (nSPS) is 11.3. The maximum absolute atomic E-state index is 4.59. The molecule has 1 aromatic carbocycles. The molecule has 0 saturated heterocycles. The maximum atomic E-state index is 4.59. The molecule has 0 bridgehead atoms. The lowest BCUT2D eigenvalue weighted by Crippen LogP contribution is -2.22. The van der Waals surface area contributed by atoms with Gasteiger partial charge in [0.15, 0.2) is 0 Å². The molecule has 1 aromatic heterocycles. The highest BCUT2D eigenvalue weighted by molar-refractivity contribution is 9.10. The van der Waals surface area contributed by atoms with Crippen LogP contribution >= 0.6 is 15.9 Å². The van der Waals surface area contributed by atoms with Gasteiger partial charge in [-0.25, -0.2) is 4.68 Å². The van der Waals surface area contributed by atoms with E-state index in [0.29, 0.717) is 6.04 Å². The van der Waals surface area contributed by atoms with Gasteiger partial charge in [-0.05, 0) is 37.1 Å². The van der Waals surface area contributed by atoms with Gasteiger partial charge in [0.2, 0.25) is 0 Å². The Balaban J connectivity index is 2.37. The summed E-state index contributed by atoms with van der Waals surface area (Å²) in [6.45, 7) is 9.49. The van der Waals surface area contributed by atoms with Crippen LogP contribution in [0.3, 0.4) is 0 Å². The summed E-state index contributed by atoms with van der Waals surface area (Å²) in [5.41, 5.74) is 4.94.